The van der Waals surface area contributed by atoms with Gasteiger partial charge in [-0.3, -0.25) is 38.8 Å². The molecule has 18 heteroatoms. The number of barbiturate groups is 2. The van der Waals surface area contributed by atoms with Crippen molar-refractivity contribution < 1.29 is 51.7 Å². The summed E-state index contributed by atoms with van der Waals surface area (Å²) < 4.78 is 3.35. The monoisotopic (exact) mass is 1330 g/mol. The minimum Gasteiger partial charge on any atom is -0.358 e. The molecule has 0 bridgehead atoms. The first-order valence-corrected chi connectivity index (χ1v) is 30.6. The predicted molar refractivity (Wildman–Crippen MR) is 319 cm³/mol. The average molecular weight is 1330 g/mol. The molecule has 2 fully saturated rings. The maximum absolute atomic E-state index is 14.4. The van der Waals surface area contributed by atoms with Crippen LogP contribution in [-0.2, 0) is 55.7 Å². The zero-order chi connectivity index (χ0) is 57.6. The van der Waals surface area contributed by atoms with E-state index < -0.39 is 34.7 Å². The average Bonchev–Trinajstić information content (AvgIpc) is 3.58. The van der Waals surface area contributed by atoms with E-state index in [1.54, 1.807) is 0 Å². The minimum atomic E-state index is -1.47. The quantitative estimate of drug-likeness (QED) is 0.0399. The number of rotatable bonds is 24. The molecule has 0 unspecified atom stereocenters. The van der Waals surface area contributed by atoms with E-state index >= 15 is 0 Å². The number of benzene rings is 4. The Labute approximate surface area is 496 Å². The van der Waals surface area contributed by atoms with E-state index in [0.29, 0.717) is 51.9 Å². The van der Waals surface area contributed by atoms with E-state index in [1.165, 1.54) is 30.7 Å². The number of halogens is 4. The molecule has 4 aromatic rings. The molecule has 424 valence electrons. The molecule has 4 aromatic carbocycles. The summed E-state index contributed by atoms with van der Waals surface area (Å²) in [5.41, 5.74) is 18.5. The molecule has 2 heterocycles. The number of carbonyl (C=O) groups excluding carboxylic acids is 6. The van der Waals surface area contributed by atoms with Crippen molar-refractivity contribution in [2.45, 2.75) is 129 Å². The molecule has 14 nitrogen and oxygen atoms in total. The molecule has 0 radical (unpaired) electrons. The number of quaternary nitrogens is 4. The molecule has 2 aliphatic rings. The van der Waals surface area contributed by atoms with Crippen molar-refractivity contribution in [3.05, 3.63) is 136 Å². The van der Waals surface area contributed by atoms with Gasteiger partial charge < -0.3 is 22.9 Å². The number of urea groups is 2. The zero-order valence-electron chi connectivity index (χ0n) is 46.8. The fraction of sp³-hybridized carbons (Fsp3) is 0.500. The van der Waals surface area contributed by atoms with Crippen LogP contribution in [0.3, 0.4) is 0 Å². The summed E-state index contributed by atoms with van der Waals surface area (Å²) in [5, 5.41) is 0. The van der Waals surface area contributed by atoms with Crippen LogP contribution >= 0.6 is 63.7 Å². The molecular formula is C60H84Br4N8O6+4. The first kappa shape index (κ1) is 64.7. The van der Waals surface area contributed by atoms with Crippen molar-refractivity contribution in [2.75, 3.05) is 52.4 Å². The lowest BCUT2D eigenvalue weighted by Gasteiger charge is -2.44. The molecule has 12 N–H and O–H groups in total. The standard InChI is InChI=1S/C34H50N4O3.C26H30Br4N4O3/c1-32(2,3)27-15-11-25(12-16-27)23-34(24-26-13-17-28(18-14-26)33(4,5)6)29(39)37(21-9-7-19-35)31(41)38(30(34)40)22-10-8-20-36;27-19-9-17(10-20(28)13-19)15-26(16-18-11-21(29)14-22(30)12-18)23(35)33(7-3-1-5-31)25(37)34(24(26)36)8-4-2-6-32/h11-18H,7-10,19-24,35-36H2,1-6H3;9-14H,1-8,15-16,31-32H2/p+4. The molecule has 78 heavy (non-hydrogen) atoms. The van der Waals surface area contributed by atoms with Gasteiger partial charge in [-0.25, -0.2) is 9.59 Å². The van der Waals surface area contributed by atoms with E-state index in [9.17, 15) is 28.8 Å². The van der Waals surface area contributed by atoms with Gasteiger partial charge in [0.25, 0.3) is 0 Å². The van der Waals surface area contributed by atoms with Crippen molar-refractivity contribution >= 4 is 99.4 Å². The maximum atomic E-state index is 14.4. The number of hydrogen-bond donors (Lipinski definition) is 4. The van der Waals surface area contributed by atoms with E-state index in [4.69, 9.17) is 0 Å². The third-order valence-corrected chi connectivity index (χ3v) is 16.4. The Balaban J connectivity index is 0.000000289. The lowest BCUT2D eigenvalue weighted by Crippen LogP contribution is -2.67. The van der Waals surface area contributed by atoms with E-state index in [2.05, 4.69) is 152 Å². The highest BCUT2D eigenvalue weighted by Gasteiger charge is 2.58. The van der Waals surface area contributed by atoms with Crippen LogP contribution in [0.1, 0.15) is 126 Å². The Kier molecular flexibility index (Phi) is 24.1. The topological polar surface area (TPSA) is 226 Å². The van der Waals surface area contributed by atoms with E-state index in [0.717, 1.165) is 78.9 Å². The van der Waals surface area contributed by atoms with Crippen LogP contribution in [-0.4, -0.2) is 108 Å². The van der Waals surface area contributed by atoms with Gasteiger partial charge in [-0.15, -0.1) is 0 Å². The normalized spacial score (nSPS) is 15.8. The van der Waals surface area contributed by atoms with Gasteiger partial charge in [0.1, 0.15) is 10.8 Å². The van der Waals surface area contributed by atoms with Gasteiger partial charge in [-0.2, -0.15) is 0 Å². The Hall–Kier alpha value is -4.14. The van der Waals surface area contributed by atoms with Crippen molar-refractivity contribution in [1.29, 1.82) is 0 Å². The van der Waals surface area contributed by atoms with Crippen molar-refractivity contribution in [3.63, 3.8) is 0 Å². The largest absolute Gasteiger partial charge is 0.358 e. The van der Waals surface area contributed by atoms with Crippen LogP contribution in [0.5, 0.6) is 0 Å². The van der Waals surface area contributed by atoms with Crippen LogP contribution < -0.4 is 22.9 Å². The first-order valence-electron chi connectivity index (χ1n) is 27.5. The predicted octanol–water partition coefficient (Wildman–Crippen LogP) is 8.23. The first-order chi connectivity index (χ1) is 36.8. The summed E-state index contributed by atoms with van der Waals surface area (Å²) in [6, 6.07) is 26.9. The Morgan fingerprint density at radius 3 is 0.808 bits per heavy atom. The molecule has 8 amide bonds. The second kappa shape index (κ2) is 29.0. The minimum absolute atomic E-state index is 0.0101. The lowest BCUT2D eigenvalue weighted by molar-refractivity contribution is -0.369. The maximum Gasteiger partial charge on any atom is 0.333 e. The highest BCUT2D eigenvalue weighted by molar-refractivity contribution is 9.11. The highest BCUT2D eigenvalue weighted by Crippen LogP contribution is 2.41. The molecule has 0 aromatic heterocycles. The summed E-state index contributed by atoms with van der Waals surface area (Å²) in [7, 11) is 0. The van der Waals surface area contributed by atoms with Crippen molar-refractivity contribution in [1.82, 2.24) is 19.6 Å². The second-order valence-corrected chi connectivity index (χ2v) is 26.6. The third kappa shape index (κ3) is 16.5. The molecule has 6 rings (SSSR count). The fourth-order valence-electron chi connectivity index (χ4n) is 10.2. The van der Waals surface area contributed by atoms with Gasteiger partial charge in [0.05, 0.1) is 26.2 Å². The molecule has 2 aliphatic heterocycles. The van der Waals surface area contributed by atoms with E-state index in [-0.39, 0.29) is 61.4 Å². The summed E-state index contributed by atoms with van der Waals surface area (Å²) in [6.07, 6.45) is 6.61. The Morgan fingerprint density at radius 1 is 0.359 bits per heavy atom. The fourth-order valence-corrected chi connectivity index (χ4v) is 13.0. The lowest BCUT2D eigenvalue weighted by atomic mass is 9.72. The smallest absolute Gasteiger partial charge is 0.333 e. The van der Waals surface area contributed by atoms with E-state index in [1.807, 2.05) is 60.7 Å². The molecular weight excluding hydrogens is 1250 g/mol. The van der Waals surface area contributed by atoms with Crippen LogP contribution in [0, 0.1) is 10.8 Å². The van der Waals surface area contributed by atoms with Crippen molar-refractivity contribution in [2.24, 2.45) is 10.8 Å². The highest BCUT2D eigenvalue weighted by atomic mass is 79.9. The molecule has 0 spiro atoms. The van der Waals surface area contributed by atoms with Gasteiger partial charge in [-0.05, 0) is 158 Å². The Morgan fingerprint density at radius 2 is 0.590 bits per heavy atom. The SMILES string of the molecule is CC(C)(C)c1ccc(CC2(Cc3ccc(C(C)(C)C)cc3)C(=O)N(CCCC[NH3+])C(=O)N(CCCC[NH3+])C2=O)cc1.[NH3+]CCCCN1C(=O)N(CCCC[NH3+])C(=O)C(Cc2cc(Br)cc(Br)c2)(Cc2cc(Br)cc(Br)c2)C1=O. The van der Waals surface area contributed by atoms with Crippen LogP contribution in [0.4, 0.5) is 9.59 Å². The van der Waals surface area contributed by atoms with Gasteiger partial charge in [0, 0.05) is 44.1 Å². The molecule has 2 saturated heterocycles. The zero-order valence-corrected chi connectivity index (χ0v) is 53.1. The Bertz CT molecular complexity index is 2500. The molecule has 0 aliphatic carbocycles. The summed E-state index contributed by atoms with van der Waals surface area (Å²) in [6.45, 7) is 17.0. The molecule has 0 atom stereocenters. The number of hydrogen-bond acceptors (Lipinski definition) is 6. The van der Waals surface area contributed by atoms with Crippen LogP contribution in [0.25, 0.3) is 0 Å². The van der Waals surface area contributed by atoms with Gasteiger partial charge in [0.2, 0.25) is 23.6 Å². The number of carbonyl (C=O) groups is 6. The second-order valence-electron chi connectivity index (χ2n) is 23.0. The summed E-state index contributed by atoms with van der Waals surface area (Å²) in [4.78, 5) is 89.8. The van der Waals surface area contributed by atoms with Crippen molar-refractivity contribution in [3.8, 4) is 0 Å². The number of imide groups is 4. The third-order valence-electron chi connectivity index (χ3n) is 14.6. The number of unbranched alkanes of at least 4 members (excludes halogenated alkanes) is 4. The molecule has 0 saturated carbocycles. The van der Waals surface area contributed by atoms with Gasteiger partial charge >= 0.3 is 12.1 Å². The number of amides is 8. The summed E-state index contributed by atoms with van der Waals surface area (Å²) >= 11 is 14.1. The van der Waals surface area contributed by atoms with Crippen LogP contribution in [0.2, 0.25) is 0 Å². The van der Waals surface area contributed by atoms with Gasteiger partial charge in [0.15, 0.2) is 0 Å². The number of nitrogens with zero attached hydrogens (tertiary/aromatic N) is 4. The summed E-state index contributed by atoms with van der Waals surface area (Å²) in [5.74, 6) is -1.64. The van der Waals surface area contributed by atoms with Crippen LogP contribution in [0.15, 0.2) is 103 Å². The van der Waals surface area contributed by atoms with Gasteiger partial charge in [-0.1, -0.05) is 154 Å².